The molecule has 176 valence electrons. The molecule has 0 bridgehead atoms. The zero-order valence-corrected chi connectivity index (χ0v) is 19.7. The Morgan fingerprint density at radius 1 is 1.00 bits per heavy atom. The van der Waals surface area contributed by atoms with Gasteiger partial charge in [0, 0.05) is 31.2 Å². The predicted molar refractivity (Wildman–Crippen MR) is 123 cm³/mol. The molecule has 0 radical (unpaired) electrons. The van der Waals surface area contributed by atoms with Crippen molar-refractivity contribution in [2.24, 2.45) is 5.92 Å². The van der Waals surface area contributed by atoms with Crippen LogP contribution in [0.4, 0.5) is 0 Å². The fraction of sp³-hybridized carbons (Fsp3) is 0.731. The summed E-state index contributed by atoms with van der Waals surface area (Å²) >= 11 is 0. The second-order valence-corrected chi connectivity index (χ2v) is 10.2. The summed E-state index contributed by atoms with van der Waals surface area (Å²) in [7, 11) is 3.38. The van der Waals surface area contributed by atoms with E-state index in [-0.39, 0.29) is 17.6 Å². The van der Waals surface area contributed by atoms with E-state index in [1.165, 1.54) is 32.1 Å². The van der Waals surface area contributed by atoms with Crippen molar-refractivity contribution in [2.45, 2.75) is 82.0 Å². The van der Waals surface area contributed by atoms with E-state index in [4.69, 9.17) is 14.2 Å². The maximum absolute atomic E-state index is 13.3. The van der Waals surface area contributed by atoms with Gasteiger partial charge in [-0.1, -0.05) is 31.4 Å². The molecule has 6 nitrogen and oxygen atoms in total. The normalized spacial score (nSPS) is 26.2. The molecule has 6 heteroatoms. The smallest absolute Gasteiger partial charge is 0.254 e. The van der Waals surface area contributed by atoms with Crippen LogP contribution in [0.25, 0.3) is 0 Å². The van der Waals surface area contributed by atoms with Gasteiger partial charge < -0.3 is 19.1 Å². The minimum atomic E-state index is -0.178. The molecule has 2 aliphatic carbocycles. The van der Waals surface area contributed by atoms with Gasteiger partial charge in [0.1, 0.15) is 0 Å². The van der Waals surface area contributed by atoms with Crippen molar-refractivity contribution < 1.29 is 19.0 Å². The number of para-hydroxylation sites is 1. The number of nitrogens with zero attached hydrogens (tertiary/aromatic N) is 2. The molecule has 2 saturated carbocycles. The van der Waals surface area contributed by atoms with E-state index >= 15 is 0 Å². The van der Waals surface area contributed by atoms with Crippen molar-refractivity contribution in [3.63, 3.8) is 0 Å². The first-order valence-electron chi connectivity index (χ1n) is 12.5. The van der Waals surface area contributed by atoms with Crippen LogP contribution in [0.15, 0.2) is 18.2 Å². The molecule has 0 N–H and O–H groups in total. The third-order valence-electron chi connectivity index (χ3n) is 8.15. The van der Waals surface area contributed by atoms with Crippen molar-refractivity contribution in [1.29, 1.82) is 0 Å². The Hall–Kier alpha value is -1.79. The average Bonchev–Trinajstić information content (AvgIpc) is 3.65. The highest BCUT2D eigenvalue weighted by atomic mass is 16.5. The van der Waals surface area contributed by atoms with E-state index in [1.54, 1.807) is 14.2 Å². The molecule has 1 aromatic carbocycles. The number of hydrogen-bond donors (Lipinski definition) is 0. The quantitative estimate of drug-likeness (QED) is 0.570. The van der Waals surface area contributed by atoms with Crippen LogP contribution in [0.3, 0.4) is 0 Å². The van der Waals surface area contributed by atoms with Gasteiger partial charge in [0.05, 0.1) is 26.4 Å². The van der Waals surface area contributed by atoms with E-state index in [0.717, 1.165) is 69.0 Å². The SMILES string of the molecule is COc1cccc(CN2CCC(N3C(=O)C(OCC4CC4)C34CCCCC4)CC2)c1OC. The molecule has 1 spiro atoms. The van der Waals surface area contributed by atoms with E-state index < -0.39 is 0 Å². The summed E-state index contributed by atoms with van der Waals surface area (Å²) in [6.45, 7) is 3.63. The van der Waals surface area contributed by atoms with Gasteiger partial charge in [-0.05, 0) is 50.5 Å². The molecule has 2 aliphatic heterocycles. The first-order chi connectivity index (χ1) is 15.7. The average molecular weight is 443 g/mol. The minimum absolute atomic E-state index is 0.0208. The van der Waals surface area contributed by atoms with Crippen molar-refractivity contribution in [1.82, 2.24) is 9.80 Å². The molecule has 1 atom stereocenters. The van der Waals surface area contributed by atoms with Crippen LogP contribution in [-0.2, 0) is 16.1 Å². The predicted octanol–water partition coefficient (Wildman–Crippen LogP) is 4.01. The molecule has 5 rings (SSSR count). The van der Waals surface area contributed by atoms with Crippen LogP contribution in [0.5, 0.6) is 11.5 Å². The molecule has 4 aliphatic rings. The zero-order valence-electron chi connectivity index (χ0n) is 19.7. The largest absolute Gasteiger partial charge is 0.493 e. The minimum Gasteiger partial charge on any atom is -0.493 e. The Labute approximate surface area is 192 Å². The summed E-state index contributed by atoms with van der Waals surface area (Å²) in [4.78, 5) is 18.0. The summed E-state index contributed by atoms with van der Waals surface area (Å²) in [6, 6.07) is 6.43. The van der Waals surface area contributed by atoms with Crippen molar-refractivity contribution in [3.05, 3.63) is 23.8 Å². The number of ether oxygens (including phenoxy) is 3. The Morgan fingerprint density at radius 3 is 2.41 bits per heavy atom. The standard InChI is InChI=1S/C26H38N2O4/c1-30-22-8-6-7-20(23(22)31-2)17-27-15-11-21(12-16-27)28-25(29)24(32-18-19-9-10-19)26(28)13-4-3-5-14-26/h6-8,19,21,24H,3-5,9-18H2,1-2H3. The number of piperidine rings is 1. The van der Waals surface area contributed by atoms with Gasteiger partial charge in [-0.2, -0.15) is 0 Å². The summed E-state index contributed by atoms with van der Waals surface area (Å²) < 4.78 is 17.3. The van der Waals surface area contributed by atoms with Crippen LogP contribution in [-0.4, -0.2) is 67.3 Å². The molecule has 4 fully saturated rings. The molecule has 2 heterocycles. The summed E-state index contributed by atoms with van der Waals surface area (Å²) in [6.07, 6.45) is 10.4. The second kappa shape index (κ2) is 9.22. The zero-order chi connectivity index (χ0) is 22.1. The lowest BCUT2D eigenvalue weighted by atomic mass is 9.68. The molecule has 1 aromatic rings. The van der Waals surface area contributed by atoms with Gasteiger partial charge in [0.2, 0.25) is 0 Å². The Bertz CT molecular complexity index is 810. The van der Waals surface area contributed by atoms with Crippen molar-refractivity contribution >= 4 is 5.91 Å². The number of carbonyl (C=O) groups excluding carboxylic acids is 1. The summed E-state index contributed by atoms with van der Waals surface area (Å²) in [5.74, 6) is 2.57. The Balaban J connectivity index is 1.22. The summed E-state index contributed by atoms with van der Waals surface area (Å²) in [5.41, 5.74) is 1.13. The maximum atomic E-state index is 13.3. The number of likely N-dealkylation sites (tertiary alicyclic amines) is 2. The first kappa shape index (κ1) is 22.0. The molecule has 1 amide bonds. The fourth-order valence-corrected chi connectivity index (χ4v) is 6.24. The van der Waals surface area contributed by atoms with E-state index in [9.17, 15) is 4.79 Å². The molecular formula is C26H38N2O4. The van der Waals surface area contributed by atoms with E-state index in [2.05, 4.69) is 15.9 Å². The lowest BCUT2D eigenvalue weighted by molar-refractivity contribution is -0.211. The monoisotopic (exact) mass is 442 g/mol. The van der Waals surface area contributed by atoms with E-state index in [1.807, 2.05) is 12.1 Å². The summed E-state index contributed by atoms with van der Waals surface area (Å²) in [5, 5.41) is 0. The van der Waals surface area contributed by atoms with Crippen molar-refractivity contribution in [3.8, 4) is 11.5 Å². The van der Waals surface area contributed by atoms with Gasteiger partial charge in [-0.25, -0.2) is 0 Å². The number of β-lactam (4-membered cyclic amide) rings is 1. The number of rotatable bonds is 8. The van der Waals surface area contributed by atoms with Crippen LogP contribution < -0.4 is 9.47 Å². The second-order valence-electron chi connectivity index (χ2n) is 10.2. The van der Waals surface area contributed by atoms with Gasteiger partial charge in [0.25, 0.3) is 5.91 Å². The molecule has 32 heavy (non-hydrogen) atoms. The fourth-order valence-electron chi connectivity index (χ4n) is 6.24. The molecule has 2 saturated heterocycles. The molecule has 0 aromatic heterocycles. The third kappa shape index (κ3) is 4.01. The number of carbonyl (C=O) groups is 1. The third-order valence-corrected chi connectivity index (χ3v) is 8.15. The van der Waals surface area contributed by atoms with Crippen molar-refractivity contribution in [2.75, 3.05) is 33.9 Å². The van der Waals surface area contributed by atoms with Crippen LogP contribution >= 0.6 is 0 Å². The van der Waals surface area contributed by atoms with Crippen LogP contribution in [0.1, 0.15) is 63.4 Å². The van der Waals surface area contributed by atoms with E-state index in [0.29, 0.717) is 12.0 Å². The number of benzene rings is 1. The number of methoxy groups -OCH3 is 2. The van der Waals surface area contributed by atoms with Gasteiger partial charge in [-0.15, -0.1) is 0 Å². The van der Waals surface area contributed by atoms with Gasteiger partial charge >= 0.3 is 0 Å². The van der Waals surface area contributed by atoms with Crippen LogP contribution in [0.2, 0.25) is 0 Å². The van der Waals surface area contributed by atoms with Crippen LogP contribution in [0, 0.1) is 5.92 Å². The lowest BCUT2D eigenvalue weighted by Gasteiger charge is -2.62. The highest BCUT2D eigenvalue weighted by Gasteiger charge is 2.62. The highest BCUT2D eigenvalue weighted by Crippen LogP contribution is 2.49. The number of hydrogen-bond acceptors (Lipinski definition) is 5. The Morgan fingerprint density at radius 2 is 1.75 bits per heavy atom. The van der Waals surface area contributed by atoms with Gasteiger partial charge in [0.15, 0.2) is 17.6 Å². The Kier molecular flexibility index (Phi) is 6.35. The highest BCUT2D eigenvalue weighted by molar-refractivity contribution is 5.90. The van der Waals surface area contributed by atoms with Gasteiger partial charge in [-0.3, -0.25) is 9.69 Å². The molecular weight excluding hydrogens is 404 g/mol. The maximum Gasteiger partial charge on any atom is 0.254 e. The lowest BCUT2D eigenvalue weighted by Crippen LogP contribution is -2.78. The topological polar surface area (TPSA) is 51.2 Å². The number of amides is 1. The first-order valence-corrected chi connectivity index (χ1v) is 12.5. The molecule has 1 unspecified atom stereocenters.